The van der Waals surface area contributed by atoms with E-state index in [2.05, 4.69) is 36.8 Å². The second kappa shape index (κ2) is 7.94. The molecule has 25 heavy (non-hydrogen) atoms. The van der Waals surface area contributed by atoms with Gasteiger partial charge in [-0.25, -0.2) is 9.18 Å². The highest BCUT2D eigenvalue weighted by atomic mass is 79.9. The van der Waals surface area contributed by atoms with Crippen LogP contribution in [0.3, 0.4) is 0 Å². The first kappa shape index (κ1) is 17.2. The highest BCUT2D eigenvalue weighted by Crippen LogP contribution is 2.25. The van der Waals surface area contributed by atoms with Crippen LogP contribution in [-0.2, 0) is 11.9 Å². The van der Waals surface area contributed by atoms with Gasteiger partial charge < -0.3 is 10.6 Å². The van der Waals surface area contributed by atoms with Crippen molar-refractivity contribution in [3.8, 4) is 11.3 Å². The van der Waals surface area contributed by atoms with Crippen LogP contribution in [-0.4, -0.2) is 16.2 Å². The minimum Gasteiger partial charge on any atom is -0.334 e. The van der Waals surface area contributed by atoms with E-state index in [1.807, 2.05) is 24.4 Å². The molecule has 2 aromatic carbocycles. The quantitative estimate of drug-likeness (QED) is 0.552. The molecule has 1 heterocycles. The molecule has 0 atom stereocenters. The molecule has 0 saturated carbocycles. The van der Waals surface area contributed by atoms with Gasteiger partial charge in [-0.1, -0.05) is 40.2 Å². The number of carbonyl (C=O) groups excluding carboxylic acids is 1. The lowest BCUT2D eigenvalue weighted by Crippen LogP contribution is -2.28. The number of benzene rings is 2. The molecule has 3 rings (SSSR count). The zero-order chi connectivity index (χ0) is 17.6. The fourth-order valence-electron chi connectivity index (χ4n) is 2.37. The molecule has 0 bridgehead atoms. The SMILES string of the molecule is O=C(NCc1ccc(F)cc1)Nc1cccc(-c2n[nH]cc2CBr)c1. The van der Waals surface area contributed by atoms with E-state index in [-0.39, 0.29) is 11.8 Å². The number of H-pyrrole nitrogens is 1. The summed E-state index contributed by atoms with van der Waals surface area (Å²) in [4.78, 5) is 12.0. The Morgan fingerprint density at radius 1 is 1.20 bits per heavy atom. The number of halogens is 2. The van der Waals surface area contributed by atoms with Crippen molar-refractivity contribution < 1.29 is 9.18 Å². The van der Waals surface area contributed by atoms with Crippen LogP contribution in [0.1, 0.15) is 11.1 Å². The summed E-state index contributed by atoms with van der Waals surface area (Å²) in [5.41, 5.74) is 4.28. The predicted octanol–water partition coefficient (Wildman–Crippen LogP) is 4.43. The van der Waals surface area contributed by atoms with Crippen molar-refractivity contribution in [2.24, 2.45) is 0 Å². The topological polar surface area (TPSA) is 69.8 Å². The number of amides is 2. The number of urea groups is 1. The fraction of sp³-hybridized carbons (Fsp3) is 0.111. The molecule has 3 aromatic rings. The molecule has 2 amide bonds. The fourth-order valence-corrected chi connectivity index (χ4v) is 2.80. The molecular formula is C18H16BrFN4O. The Balaban J connectivity index is 1.63. The molecule has 0 spiro atoms. The van der Waals surface area contributed by atoms with E-state index < -0.39 is 0 Å². The van der Waals surface area contributed by atoms with Gasteiger partial charge >= 0.3 is 6.03 Å². The Labute approximate surface area is 152 Å². The number of aromatic nitrogens is 2. The minimum absolute atomic E-state index is 0.300. The maximum Gasteiger partial charge on any atom is 0.319 e. The van der Waals surface area contributed by atoms with E-state index in [1.165, 1.54) is 12.1 Å². The standard InChI is InChI=1S/C18H16BrFN4O/c19-9-14-11-22-24-17(14)13-2-1-3-16(8-13)23-18(25)21-10-12-4-6-15(20)7-5-12/h1-8,11H,9-10H2,(H,22,24)(H2,21,23,25). The third kappa shape index (κ3) is 4.45. The van der Waals surface area contributed by atoms with Crippen LogP contribution in [0, 0.1) is 5.82 Å². The molecule has 128 valence electrons. The highest BCUT2D eigenvalue weighted by molar-refractivity contribution is 9.08. The van der Waals surface area contributed by atoms with Crippen molar-refractivity contribution in [3.05, 3.63) is 71.7 Å². The van der Waals surface area contributed by atoms with E-state index in [4.69, 9.17) is 0 Å². The Hall–Kier alpha value is -2.67. The summed E-state index contributed by atoms with van der Waals surface area (Å²) in [5, 5.41) is 13.3. The van der Waals surface area contributed by atoms with Gasteiger partial charge in [-0.05, 0) is 29.8 Å². The second-order valence-electron chi connectivity index (χ2n) is 5.41. The van der Waals surface area contributed by atoms with Crippen molar-refractivity contribution in [1.29, 1.82) is 0 Å². The number of aromatic amines is 1. The lowest BCUT2D eigenvalue weighted by Gasteiger charge is -2.09. The van der Waals surface area contributed by atoms with Crippen molar-refractivity contribution in [1.82, 2.24) is 15.5 Å². The normalized spacial score (nSPS) is 10.5. The third-order valence-corrected chi connectivity index (χ3v) is 4.23. The van der Waals surface area contributed by atoms with Gasteiger partial charge in [-0.3, -0.25) is 5.10 Å². The molecule has 7 heteroatoms. The third-order valence-electron chi connectivity index (χ3n) is 3.62. The van der Waals surface area contributed by atoms with Crippen LogP contribution in [0.4, 0.5) is 14.9 Å². The maximum absolute atomic E-state index is 12.9. The van der Waals surface area contributed by atoms with Gasteiger partial charge in [0.25, 0.3) is 0 Å². The van der Waals surface area contributed by atoms with Crippen molar-refractivity contribution in [3.63, 3.8) is 0 Å². The number of nitrogens with one attached hydrogen (secondary N) is 3. The van der Waals surface area contributed by atoms with Crippen molar-refractivity contribution >= 4 is 27.6 Å². The average molecular weight is 403 g/mol. The number of anilines is 1. The van der Waals surface area contributed by atoms with Crippen LogP contribution >= 0.6 is 15.9 Å². The van der Waals surface area contributed by atoms with Gasteiger partial charge in [-0.2, -0.15) is 5.10 Å². The Morgan fingerprint density at radius 2 is 2.00 bits per heavy atom. The van der Waals surface area contributed by atoms with Gasteiger partial charge in [0.1, 0.15) is 5.82 Å². The molecule has 5 nitrogen and oxygen atoms in total. The summed E-state index contributed by atoms with van der Waals surface area (Å²) >= 11 is 3.43. The second-order valence-corrected chi connectivity index (χ2v) is 5.97. The summed E-state index contributed by atoms with van der Waals surface area (Å²) in [5.74, 6) is -0.300. The van der Waals surface area contributed by atoms with Crippen LogP contribution in [0.5, 0.6) is 0 Å². The number of carbonyl (C=O) groups is 1. The monoisotopic (exact) mass is 402 g/mol. The molecule has 0 unspecified atom stereocenters. The number of rotatable bonds is 5. The first-order chi connectivity index (χ1) is 12.2. The molecule has 0 aliphatic heterocycles. The molecule has 0 saturated heterocycles. The number of hydrogen-bond donors (Lipinski definition) is 3. The number of alkyl halides is 1. The van der Waals surface area contributed by atoms with E-state index >= 15 is 0 Å². The summed E-state index contributed by atoms with van der Waals surface area (Å²) in [6.07, 6.45) is 1.83. The maximum atomic E-state index is 12.9. The van der Waals surface area contributed by atoms with Gasteiger partial charge in [0, 0.05) is 34.9 Å². The van der Waals surface area contributed by atoms with Crippen LogP contribution in [0.15, 0.2) is 54.7 Å². The molecule has 0 aliphatic carbocycles. The van der Waals surface area contributed by atoms with Crippen molar-refractivity contribution in [2.45, 2.75) is 11.9 Å². The van der Waals surface area contributed by atoms with Crippen LogP contribution in [0.25, 0.3) is 11.3 Å². The predicted molar refractivity (Wildman–Crippen MR) is 98.9 cm³/mol. The highest BCUT2D eigenvalue weighted by Gasteiger charge is 2.09. The van der Waals surface area contributed by atoms with Gasteiger partial charge in [0.05, 0.1) is 5.69 Å². The van der Waals surface area contributed by atoms with Gasteiger partial charge in [0.2, 0.25) is 0 Å². The zero-order valence-electron chi connectivity index (χ0n) is 13.2. The molecule has 1 aromatic heterocycles. The summed E-state index contributed by atoms with van der Waals surface area (Å²) in [7, 11) is 0. The summed E-state index contributed by atoms with van der Waals surface area (Å²) in [6.45, 7) is 0.318. The Bertz CT molecular complexity index is 864. The zero-order valence-corrected chi connectivity index (χ0v) is 14.8. The lowest BCUT2D eigenvalue weighted by molar-refractivity contribution is 0.251. The van der Waals surface area contributed by atoms with Crippen LogP contribution < -0.4 is 10.6 Å². The van der Waals surface area contributed by atoms with E-state index in [0.717, 1.165) is 22.4 Å². The molecule has 0 radical (unpaired) electrons. The largest absolute Gasteiger partial charge is 0.334 e. The van der Waals surface area contributed by atoms with E-state index in [0.29, 0.717) is 17.6 Å². The average Bonchev–Trinajstić information content (AvgIpc) is 3.10. The smallest absolute Gasteiger partial charge is 0.319 e. The molecule has 3 N–H and O–H groups in total. The number of hydrogen-bond acceptors (Lipinski definition) is 2. The summed E-state index contributed by atoms with van der Waals surface area (Å²) in [6, 6.07) is 13.1. The molecule has 0 fully saturated rings. The molecular weight excluding hydrogens is 387 g/mol. The minimum atomic E-state index is -0.329. The van der Waals surface area contributed by atoms with Gasteiger partial charge in [0.15, 0.2) is 0 Å². The Morgan fingerprint density at radius 3 is 2.76 bits per heavy atom. The summed E-state index contributed by atoms with van der Waals surface area (Å²) < 4.78 is 12.9. The Kier molecular flexibility index (Phi) is 5.45. The van der Waals surface area contributed by atoms with Crippen molar-refractivity contribution in [2.75, 3.05) is 5.32 Å². The lowest BCUT2D eigenvalue weighted by atomic mass is 10.1. The molecule has 0 aliphatic rings. The first-order valence-electron chi connectivity index (χ1n) is 7.64. The van der Waals surface area contributed by atoms with E-state index in [1.54, 1.807) is 18.2 Å². The first-order valence-corrected chi connectivity index (χ1v) is 8.76. The van der Waals surface area contributed by atoms with Gasteiger partial charge in [-0.15, -0.1) is 0 Å². The van der Waals surface area contributed by atoms with E-state index in [9.17, 15) is 9.18 Å². The number of nitrogens with zero attached hydrogens (tertiary/aromatic N) is 1. The van der Waals surface area contributed by atoms with Crippen LogP contribution in [0.2, 0.25) is 0 Å².